The molecule has 0 bridgehead atoms. The first-order chi connectivity index (χ1) is 18.9. The van der Waals surface area contributed by atoms with E-state index in [0.717, 1.165) is 40.5 Å². The summed E-state index contributed by atoms with van der Waals surface area (Å²) >= 11 is 0. The molecule has 1 aromatic carbocycles. The molecule has 7 nitrogen and oxygen atoms in total. The molecule has 3 aromatic rings. The van der Waals surface area contributed by atoms with Gasteiger partial charge in [-0.2, -0.15) is 5.10 Å². The van der Waals surface area contributed by atoms with Crippen LogP contribution in [0.3, 0.4) is 0 Å². The standard InChI is InChI=1S/C32H43N7/c1-6-28(31-30(22(3)33)35-29(7-2)32(36-31)38(5)26-10-8-9-11-26)25-20-34-39(21-25)27-14-12-23(13-15-27)24-16-18-37(4)19-17-24/h6,12-15,20-21,24,26H,3,7-11,16-19,33H2,1-2,4-5H3/b28-6-. The minimum Gasteiger partial charge on any atom is -0.397 e. The fourth-order valence-electron chi connectivity index (χ4n) is 6.14. The molecule has 1 aliphatic heterocycles. The smallest absolute Gasteiger partial charge is 0.151 e. The predicted molar refractivity (Wildman–Crippen MR) is 161 cm³/mol. The van der Waals surface area contributed by atoms with Gasteiger partial charge in [-0.1, -0.05) is 44.6 Å². The number of benzene rings is 1. The highest BCUT2D eigenvalue weighted by molar-refractivity contribution is 5.83. The van der Waals surface area contributed by atoms with E-state index >= 15 is 0 Å². The summed E-state index contributed by atoms with van der Waals surface area (Å²) in [5.41, 5.74) is 13.5. The van der Waals surface area contributed by atoms with E-state index in [1.165, 1.54) is 57.2 Å². The van der Waals surface area contributed by atoms with Crippen LogP contribution in [0.5, 0.6) is 0 Å². The molecule has 2 fully saturated rings. The lowest BCUT2D eigenvalue weighted by molar-refractivity contribution is 0.255. The maximum absolute atomic E-state index is 6.28. The summed E-state index contributed by atoms with van der Waals surface area (Å²) in [5, 5.41) is 4.72. The minimum atomic E-state index is 0.429. The van der Waals surface area contributed by atoms with Gasteiger partial charge in [-0.3, -0.25) is 0 Å². The third-order valence-corrected chi connectivity index (χ3v) is 8.58. The summed E-state index contributed by atoms with van der Waals surface area (Å²) in [4.78, 5) is 15.0. The molecule has 5 rings (SSSR count). The van der Waals surface area contributed by atoms with Crippen molar-refractivity contribution >= 4 is 17.1 Å². The van der Waals surface area contributed by atoms with Crippen LogP contribution in [0.4, 0.5) is 5.82 Å². The number of nitrogens with two attached hydrogens (primary N) is 1. The van der Waals surface area contributed by atoms with Crippen LogP contribution in [-0.4, -0.2) is 57.9 Å². The Morgan fingerprint density at radius 2 is 1.77 bits per heavy atom. The Bertz CT molecular complexity index is 1320. The molecular weight excluding hydrogens is 482 g/mol. The second-order valence-electron chi connectivity index (χ2n) is 11.2. The zero-order valence-electron chi connectivity index (χ0n) is 24.0. The highest BCUT2D eigenvalue weighted by atomic mass is 15.3. The Morgan fingerprint density at radius 1 is 1.08 bits per heavy atom. The molecule has 0 atom stereocenters. The molecule has 0 amide bonds. The second kappa shape index (κ2) is 11.7. The van der Waals surface area contributed by atoms with Gasteiger partial charge in [-0.05, 0) is 82.8 Å². The van der Waals surface area contributed by atoms with Gasteiger partial charge < -0.3 is 15.5 Å². The van der Waals surface area contributed by atoms with Crippen LogP contribution >= 0.6 is 0 Å². The number of allylic oxidation sites excluding steroid dienone is 1. The van der Waals surface area contributed by atoms with Crippen LogP contribution in [-0.2, 0) is 6.42 Å². The number of hydrogen-bond donors (Lipinski definition) is 1. The number of rotatable bonds is 8. The molecule has 3 heterocycles. The lowest BCUT2D eigenvalue weighted by atomic mass is 9.89. The van der Waals surface area contributed by atoms with Crippen molar-refractivity contribution in [3.05, 3.63) is 77.5 Å². The average Bonchev–Trinajstić information content (AvgIpc) is 3.67. The number of hydrogen-bond acceptors (Lipinski definition) is 6. The normalized spacial score (nSPS) is 17.6. The van der Waals surface area contributed by atoms with Crippen molar-refractivity contribution in [2.24, 2.45) is 5.73 Å². The van der Waals surface area contributed by atoms with Crippen LogP contribution in [0.1, 0.15) is 86.5 Å². The van der Waals surface area contributed by atoms with Gasteiger partial charge in [0, 0.05) is 30.4 Å². The topological polar surface area (TPSA) is 76.1 Å². The SMILES string of the molecule is C=C(N)c1nc(CC)c(N(C)C2CCCC2)nc1/C(=C\C)c1cnn(-c2ccc(C3CCN(C)CC3)cc2)c1. The Hall–Kier alpha value is -3.45. The predicted octanol–water partition coefficient (Wildman–Crippen LogP) is 5.79. The van der Waals surface area contributed by atoms with Gasteiger partial charge in [-0.25, -0.2) is 14.6 Å². The first-order valence-electron chi connectivity index (χ1n) is 14.5. The Kier molecular flexibility index (Phi) is 8.17. The van der Waals surface area contributed by atoms with Crippen molar-refractivity contribution < 1.29 is 0 Å². The van der Waals surface area contributed by atoms with Gasteiger partial charge in [0.1, 0.15) is 11.4 Å². The molecule has 0 unspecified atom stereocenters. The zero-order valence-corrected chi connectivity index (χ0v) is 24.0. The third-order valence-electron chi connectivity index (χ3n) is 8.58. The van der Waals surface area contributed by atoms with Crippen LogP contribution in [0.25, 0.3) is 17.0 Å². The van der Waals surface area contributed by atoms with E-state index in [0.29, 0.717) is 23.4 Å². The highest BCUT2D eigenvalue weighted by Gasteiger charge is 2.26. The summed E-state index contributed by atoms with van der Waals surface area (Å²) in [6, 6.07) is 9.38. The van der Waals surface area contributed by atoms with E-state index < -0.39 is 0 Å². The van der Waals surface area contributed by atoms with Crippen molar-refractivity contribution in [2.75, 3.05) is 32.1 Å². The van der Waals surface area contributed by atoms with E-state index in [1.807, 2.05) is 17.8 Å². The summed E-state index contributed by atoms with van der Waals surface area (Å²) in [6.07, 6.45) is 14.2. The highest BCUT2D eigenvalue weighted by Crippen LogP contribution is 2.33. The largest absolute Gasteiger partial charge is 0.397 e. The third kappa shape index (κ3) is 5.64. The van der Waals surface area contributed by atoms with Crippen molar-refractivity contribution in [2.45, 2.75) is 70.8 Å². The maximum atomic E-state index is 6.28. The molecule has 2 aromatic heterocycles. The zero-order chi connectivity index (χ0) is 27.5. The van der Waals surface area contributed by atoms with Gasteiger partial charge in [0.25, 0.3) is 0 Å². The monoisotopic (exact) mass is 525 g/mol. The summed E-state index contributed by atoms with van der Waals surface area (Å²) < 4.78 is 1.94. The fourth-order valence-corrected chi connectivity index (χ4v) is 6.14. The van der Waals surface area contributed by atoms with Gasteiger partial charge in [-0.15, -0.1) is 0 Å². The van der Waals surface area contributed by atoms with E-state index in [2.05, 4.69) is 73.9 Å². The summed E-state index contributed by atoms with van der Waals surface area (Å²) in [7, 11) is 4.36. The molecule has 1 saturated heterocycles. The van der Waals surface area contributed by atoms with Crippen LogP contribution in [0, 0.1) is 0 Å². The molecule has 2 N–H and O–H groups in total. The second-order valence-corrected chi connectivity index (χ2v) is 11.2. The number of aryl methyl sites for hydroxylation is 1. The number of likely N-dealkylation sites (tertiary alicyclic amines) is 1. The van der Waals surface area contributed by atoms with Crippen molar-refractivity contribution in [1.82, 2.24) is 24.6 Å². The molecule has 0 spiro atoms. The van der Waals surface area contributed by atoms with Crippen molar-refractivity contribution in [1.29, 1.82) is 0 Å². The Balaban J connectivity index is 1.45. The molecular formula is C32H43N7. The van der Waals surface area contributed by atoms with E-state index in [9.17, 15) is 0 Å². The lowest BCUT2D eigenvalue weighted by Crippen LogP contribution is -2.31. The quantitative estimate of drug-likeness (QED) is 0.401. The fraction of sp³-hybridized carbons (Fsp3) is 0.469. The summed E-state index contributed by atoms with van der Waals surface area (Å²) in [6.45, 7) is 10.5. The summed E-state index contributed by atoms with van der Waals surface area (Å²) in [5.74, 6) is 1.59. The molecule has 1 aliphatic carbocycles. The van der Waals surface area contributed by atoms with Crippen LogP contribution in [0.2, 0.25) is 0 Å². The molecule has 206 valence electrons. The Labute approximate surface area is 233 Å². The van der Waals surface area contributed by atoms with E-state index in [4.69, 9.17) is 20.8 Å². The molecule has 0 radical (unpaired) electrons. The number of aromatic nitrogens is 4. The Morgan fingerprint density at radius 3 is 2.38 bits per heavy atom. The average molecular weight is 526 g/mol. The van der Waals surface area contributed by atoms with Crippen LogP contribution in [0.15, 0.2) is 49.3 Å². The lowest BCUT2D eigenvalue weighted by Gasteiger charge is -2.29. The van der Waals surface area contributed by atoms with E-state index in [1.54, 1.807) is 0 Å². The number of nitrogens with zero attached hydrogens (tertiary/aromatic N) is 6. The first kappa shape index (κ1) is 27.1. The first-order valence-corrected chi connectivity index (χ1v) is 14.5. The maximum Gasteiger partial charge on any atom is 0.151 e. The minimum absolute atomic E-state index is 0.429. The number of anilines is 1. The van der Waals surface area contributed by atoms with Gasteiger partial charge in [0.2, 0.25) is 0 Å². The van der Waals surface area contributed by atoms with Crippen molar-refractivity contribution in [3.63, 3.8) is 0 Å². The van der Waals surface area contributed by atoms with Gasteiger partial charge >= 0.3 is 0 Å². The van der Waals surface area contributed by atoms with E-state index in [-0.39, 0.29) is 0 Å². The van der Waals surface area contributed by atoms with Crippen LogP contribution < -0.4 is 10.6 Å². The molecule has 39 heavy (non-hydrogen) atoms. The molecule has 1 saturated carbocycles. The molecule has 7 heteroatoms. The van der Waals surface area contributed by atoms with Gasteiger partial charge in [0.05, 0.1) is 23.3 Å². The van der Waals surface area contributed by atoms with Gasteiger partial charge in [0.15, 0.2) is 5.82 Å². The number of piperidine rings is 1. The van der Waals surface area contributed by atoms with Crippen molar-refractivity contribution in [3.8, 4) is 5.69 Å². The molecule has 2 aliphatic rings.